The van der Waals surface area contributed by atoms with Gasteiger partial charge >= 0.3 is 0 Å². The third kappa shape index (κ3) is 3.24. The molecule has 6 nitrogen and oxygen atoms in total. The first-order valence-electron chi connectivity index (χ1n) is 6.50. The molecule has 0 aliphatic carbocycles. The smallest absolute Gasteiger partial charge is 0.243 e. The van der Waals surface area contributed by atoms with E-state index in [4.69, 9.17) is 0 Å². The summed E-state index contributed by atoms with van der Waals surface area (Å²) in [5.74, 6) is 0. The zero-order valence-electron chi connectivity index (χ0n) is 11.8. The summed E-state index contributed by atoms with van der Waals surface area (Å²) in [7, 11) is -1.88. The highest BCUT2D eigenvalue weighted by molar-refractivity contribution is 7.89. The highest BCUT2D eigenvalue weighted by Gasteiger charge is 2.15. The van der Waals surface area contributed by atoms with Gasteiger partial charge in [0.05, 0.1) is 11.9 Å². The summed E-state index contributed by atoms with van der Waals surface area (Å²) in [5, 5.41) is 7.86. The minimum atomic E-state index is -3.56. The van der Waals surface area contributed by atoms with Gasteiger partial charge in [0.1, 0.15) is 4.90 Å². The van der Waals surface area contributed by atoms with Gasteiger partial charge in [0, 0.05) is 36.9 Å². The van der Waals surface area contributed by atoms with Crippen LogP contribution in [0.4, 0.5) is 0 Å². The first-order chi connectivity index (χ1) is 10.5. The number of sulfonamides is 1. The van der Waals surface area contributed by atoms with Crippen molar-refractivity contribution in [2.45, 2.75) is 11.4 Å². The molecule has 3 aromatic heterocycles. The van der Waals surface area contributed by atoms with Crippen molar-refractivity contribution in [1.29, 1.82) is 0 Å². The van der Waals surface area contributed by atoms with E-state index < -0.39 is 10.0 Å². The molecule has 3 rings (SSSR count). The van der Waals surface area contributed by atoms with Gasteiger partial charge in [-0.2, -0.15) is 16.4 Å². The number of hydrogen-bond acceptors (Lipinski definition) is 5. The van der Waals surface area contributed by atoms with E-state index in [1.807, 2.05) is 22.9 Å². The van der Waals surface area contributed by atoms with Crippen LogP contribution in [-0.2, 0) is 23.6 Å². The summed E-state index contributed by atoms with van der Waals surface area (Å²) in [6, 6.07) is 5.66. The number of aryl methyl sites for hydroxylation is 1. The summed E-state index contributed by atoms with van der Waals surface area (Å²) in [6.45, 7) is 0.205. The van der Waals surface area contributed by atoms with Crippen LogP contribution in [0.5, 0.6) is 0 Å². The minimum absolute atomic E-state index is 0.155. The van der Waals surface area contributed by atoms with Gasteiger partial charge in [0.25, 0.3) is 0 Å². The molecule has 3 aromatic rings. The Balaban J connectivity index is 1.75. The van der Waals surface area contributed by atoms with Gasteiger partial charge in [-0.15, -0.1) is 0 Å². The van der Waals surface area contributed by atoms with Gasteiger partial charge in [-0.1, -0.05) is 0 Å². The van der Waals surface area contributed by atoms with Gasteiger partial charge in [-0.05, 0) is 29.1 Å². The number of nitrogens with zero attached hydrogens (tertiary/aromatic N) is 3. The number of nitrogens with one attached hydrogen (secondary N) is 1. The van der Waals surface area contributed by atoms with E-state index in [0.29, 0.717) is 0 Å². The van der Waals surface area contributed by atoms with E-state index >= 15 is 0 Å². The van der Waals surface area contributed by atoms with Crippen molar-refractivity contribution in [3.63, 3.8) is 0 Å². The fourth-order valence-corrected chi connectivity index (χ4v) is 3.60. The number of thiophene rings is 1. The van der Waals surface area contributed by atoms with Crippen LogP contribution in [0.25, 0.3) is 11.3 Å². The van der Waals surface area contributed by atoms with Crippen molar-refractivity contribution in [3.05, 3.63) is 53.1 Å². The predicted molar refractivity (Wildman–Crippen MR) is 84.8 cm³/mol. The van der Waals surface area contributed by atoms with E-state index in [1.54, 1.807) is 30.6 Å². The number of hydrogen-bond donors (Lipinski definition) is 1. The lowest BCUT2D eigenvalue weighted by atomic mass is 10.1. The van der Waals surface area contributed by atoms with Crippen LogP contribution in [0.1, 0.15) is 5.56 Å². The Hall–Kier alpha value is -2.03. The predicted octanol–water partition coefficient (Wildman–Crippen LogP) is 2.02. The number of pyridine rings is 1. The summed E-state index contributed by atoms with van der Waals surface area (Å²) >= 11 is 1.60. The Labute approximate surface area is 132 Å². The third-order valence-electron chi connectivity index (χ3n) is 3.10. The molecule has 0 aliphatic heterocycles. The van der Waals surface area contributed by atoms with Crippen LogP contribution < -0.4 is 4.72 Å². The minimum Gasteiger partial charge on any atom is -0.274 e. The first-order valence-corrected chi connectivity index (χ1v) is 8.93. The van der Waals surface area contributed by atoms with Crippen molar-refractivity contribution in [1.82, 2.24) is 19.5 Å². The molecule has 0 aliphatic rings. The number of rotatable bonds is 5. The molecule has 0 atom stereocenters. The maximum absolute atomic E-state index is 12.2. The van der Waals surface area contributed by atoms with Gasteiger partial charge in [0.2, 0.25) is 10.0 Å². The van der Waals surface area contributed by atoms with E-state index in [9.17, 15) is 8.42 Å². The fourth-order valence-electron chi connectivity index (χ4n) is 1.95. The van der Waals surface area contributed by atoms with Crippen LogP contribution in [-0.4, -0.2) is 23.2 Å². The maximum atomic E-state index is 12.2. The second-order valence-corrected chi connectivity index (χ2v) is 7.28. The molecular formula is C14H14N4O2S2. The van der Waals surface area contributed by atoms with Crippen molar-refractivity contribution >= 4 is 21.4 Å². The second-order valence-electron chi connectivity index (χ2n) is 4.74. The Bertz CT molecular complexity index is 870. The molecule has 0 fully saturated rings. The Morgan fingerprint density at radius 1 is 1.36 bits per heavy atom. The molecule has 1 N–H and O–H groups in total. The van der Waals surface area contributed by atoms with Crippen LogP contribution in [0, 0.1) is 0 Å². The average molecular weight is 334 g/mol. The molecule has 0 spiro atoms. The topological polar surface area (TPSA) is 76.9 Å². The Morgan fingerprint density at radius 3 is 2.91 bits per heavy atom. The van der Waals surface area contributed by atoms with E-state index in [0.717, 1.165) is 16.8 Å². The Kier molecular flexibility index (Phi) is 4.06. The van der Waals surface area contributed by atoms with Crippen LogP contribution in [0.3, 0.4) is 0 Å². The zero-order valence-corrected chi connectivity index (χ0v) is 13.4. The largest absolute Gasteiger partial charge is 0.274 e. The monoisotopic (exact) mass is 334 g/mol. The van der Waals surface area contributed by atoms with Gasteiger partial charge in [0.15, 0.2) is 0 Å². The molecule has 8 heteroatoms. The van der Waals surface area contributed by atoms with Crippen molar-refractivity contribution in [2.24, 2.45) is 7.05 Å². The molecule has 0 aromatic carbocycles. The molecule has 22 heavy (non-hydrogen) atoms. The van der Waals surface area contributed by atoms with Gasteiger partial charge in [-0.3, -0.25) is 9.67 Å². The van der Waals surface area contributed by atoms with E-state index in [-0.39, 0.29) is 11.4 Å². The standard InChI is InChI=1S/C14H14N4O2S2/c1-18-9-13(8-16-18)22(19,20)17-7-11-2-4-15-14(6-11)12-3-5-21-10-12/h2-6,8-10,17H,7H2,1H3. The highest BCUT2D eigenvalue weighted by atomic mass is 32.2. The third-order valence-corrected chi connectivity index (χ3v) is 5.14. The van der Waals surface area contributed by atoms with Crippen LogP contribution in [0.15, 0.2) is 52.4 Å². The molecule has 114 valence electrons. The molecule has 0 radical (unpaired) electrons. The van der Waals surface area contributed by atoms with Crippen molar-refractivity contribution in [2.75, 3.05) is 0 Å². The summed E-state index contributed by atoms with van der Waals surface area (Å²) in [4.78, 5) is 4.46. The normalized spacial score (nSPS) is 11.7. The summed E-state index contributed by atoms with van der Waals surface area (Å²) in [5.41, 5.74) is 2.71. The van der Waals surface area contributed by atoms with Gasteiger partial charge in [-0.25, -0.2) is 13.1 Å². The molecule has 0 saturated heterocycles. The molecule has 0 unspecified atom stereocenters. The zero-order chi connectivity index (χ0) is 15.6. The summed E-state index contributed by atoms with van der Waals surface area (Å²) in [6.07, 6.45) is 4.47. The van der Waals surface area contributed by atoms with Crippen molar-refractivity contribution < 1.29 is 8.42 Å². The highest BCUT2D eigenvalue weighted by Crippen LogP contribution is 2.20. The molecule has 0 bridgehead atoms. The van der Waals surface area contributed by atoms with Gasteiger partial charge < -0.3 is 0 Å². The van der Waals surface area contributed by atoms with E-state index in [2.05, 4.69) is 14.8 Å². The van der Waals surface area contributed by atoms with E-state index in [1.165, 1.54) is 17.1 Å². The molecular weight excluding hydrogens is 320 g/mol. The van der Waals surface area contributed by atoms with Crippen LogP contribution in [0.2, 0.25) is 0 Å². The maximum Gasteiger partial charge on any atom is 0.243 e. The van der Waals surface area contributed by atoms with Crippen molar-refractivity contribution in [3.8, 4) is 11.3 Å². The Morgan fingerprint density at radius 2 is 2.23 bits per heavy atom. The fraction of sp³-hybridized carbons (Fsp3) is 0.143. The lowest BCUT2D eigenvalue weighted by molar-refractivity contribution is 0.581. The molecule has 0 saturated carbocycles. The lowest BCUT2D eigenvalue weighted by Gasteiger charge is -2.06. The quantitative estimate of drug-likeness (QED) is 0.774. The van der Waals surface area contributed by atoms with Crippen LogP contribution >= 0.6 is 11.3 Å². The first kappa shape index (κ1) is 14.9. The second kappa shape index (κ2) is 5.99. The molecule has 0 amide bonds. The number of aromatic nitrogens is 3. The SMILES string of the molecule is Cn1cc(S(=O)(=O)NCc2ccnc(-c3ccsc3)c2)cn1. The summed E-state index contributed by atoms with van der Waals surface area (Å²) < 4.78 is 28.3. The lowest BCUT2D eigenvalue weighted by Crippen LogP contribution is -2.22. The average Bonchev–Trinajstić information content (AvgIpc) is 3.17. The molecule has 3 heterocycles.